The Morgan fingerprint density at radius 2 is 1.45 bits per heavy atom. The van der Waals surface area contributed by atoms with Crippen LogP contribution in [0.5, 0.6) is 0 Å². The van der Waals surface area contributed by atoms with E-state index in [1.165, 1.54) is 21.6 Å². The molecular formula is C24H38N6O9S3. The summed E-state index contributed by atoms with van der Waals surface area (Å²) >= 11 is 1.85. The van der Waals surface area contributed by atoms with Crippen LogP contribution in [0.4, 0.5) is 4.79 Å². The Morgan fingerprint density at radius 3 is 2.10 bits per heavy atom. The number of carboxylic acid groups (broad SMARTS) is 2. The molecule has 0 bridgehead atoms. The van der Waals surface area contributed by atoms with Gasteiger partial charge in [-0.15, -0.1) is 0 Å². The fraction of sp³-hybridized carbons (Fsp3) is 0.708. The maximum absolute atomic E-state index is 12.3. The number of carboxylic acids is 2. The van der Waals surface area contributed by atoms with Crippen LogP contribution in [0.25, 0.3) is 0 Å². The average molecular weight is 651 g/mol. The summed E-state index contributed by atoms with van der Waals surface area (Å²) in [4.78, 5) is 81.8. The molecule has 2 heterocycles. The van der Waals surface area contributed by atoms with E-state index in [2.05, 4.69) is 31.9 Å². The highest BCUT2D eigenvalue weighted by Gasteiger charge is 2.42. The second-order valence-corrected chi connectivity index (χ2v) is 13.5. The molecule has 0 radical (unpaired) electrons. The molecule has 18 heteroatoms. The number of hydrogen-bond acceptors (Lipinski definition) is 10. The van der Waals surface area contributed by atoms with Gasteiger partial charge in [-0.3, -0.25) is 28.8 Å². The van der Waals surface area contributed by atoms with Crippen molar-refractivity contribution in [2.45, 2.75) is 68.3 Å². The summed E-state index contributed by atoms with van der Waals surface area (Å²) < 4.78 is 0. The number of urea groups is 1. The van der Waals surface area contributed by atoms with Gasteiger partial charge in [-0.1, -0.05) is 28.0 Å². The van der Waals surface area contributed by atoms with E-state index in [1.54, 1.807) is 0 Å². The minimum Gasteiger partial charge on any atom is -0.481 e. The summed E-state index contributed by atoms with van der Waals surface area (Å²) in [7, 11) is 2.85. The molecule has 0 aromatic rings. The first-order valence-corrected chi connectivity index (χ1v) is 17.1. The number of nitrogens with one attached hydrogen (secondary N) is 6. The molecule has 0 aromatic carbocycles. The molecule has 236 valence electrons. The lowest BCUT2D eigenvalue weighted by atomic mass is 10.0. The van der Waals surface area contributed by atoms with Gasteiger partial charge in [-0.25, -0.2) is 4.79 Å². The van der Waals surface area contributed by atoms with Crippen LogP contribution in [0, 0.1) is 0 Å². The summed E-state index contributed by atoms with van der Waals surface area (Å²) in [6, 6.07) is -1.37. The van der Waals surface area contributed by atoms with Gasteiger partial charge in [0.2, 0.25) is 11.8 Å². The Kier molecular flexibility index (Phi) is 16.3. The van der Waals surface area contributed by atoms with Crippen molar-refractivity contribution in [3.05, 3.63) is 0 Å². The van der Waals surface area contributed by atoms with Gasteiger partial charge in [-0.05, 0) is 12.8 Å². The molecular weight excluding hydrogens is 612 g/mol. The smallest absolute Gasteiger partial charge is 0.315 e. The number of amides is 6. The van der Waals surface area contributed by atoms with Crippen LogP contribution in [0.1, 0.15) is 44.9 Å². The average Bonchev–Trinajstić information content (AvgIpc) is 3.47. The van der Waals surface area contributed by atoms with E-state index in [0.717, 1.165) is 25.0 Å². The molecule has 2 fully saturated rings. The molecule has 42 heavy (non-hydrogen) atoms. The van der Waals surface area contributed by atoms with E-state index in [9.17, 15) is 33.6 Å². The first-order chi connectivity index (χ1) is 20.1. The molecule has 3 unspecified atom stereocenters. The van der Waals surface area contributed by atoms with Crippen molar-refractivity contribution >= 4 is 74.9 Å². The molecule has 0 spiro atoms. The van der Waals surface area contributed by atoms with Crippen LogP contribution in [-0.2, 0) is 28.8 Å². The molecule has 2 rings (SSSR count). The van der Waals surface area contributed by atoms with E-state index in [-0.39, 0.29) is 56.4 Å². The Balaban J connectivity index is 1.55. The van der Waals surface area contributed by atoms with Crippen LogP contribution in [0.15, 0.2) is 0 Å². The van der Waals surface area contributed by atoms with Crippen molar-refractivity contribution in [2.24, 2.45) is 0 Å². The topological polar surface area (TPSA) is 232 Å². The minimum absolute atomic E-state index is 0.00797. The third-order valence-corrected chi connectivity index (χ3v) is 10.1. The van der Waals surface area contributed by atoms with Gasteiger partial charge in [0.25, 0.3) is 11.8 Å². The van der Waals surface area contributed by atoms with Crippen LogP contribution in [0.2, 0.25) is 0 Å². The Bertz CT molecular complexity index is 957. The molecule has 2 saturated heterocycles. The third kappa shape index (κ3) is 13.9. The van der Waals surface area contributed by atoms with Crippen molar-refractivity contribution < 1.29 is 43.8 Å². The van der Waals surface area contributed by atoms with Crippen LogP contribution in [-0.4, -0.2) is 112 Å². The van der Waals surface area contributed by atoms with Crippen molar-refractivity contribution in [1.29, 1.82) is 0 Å². The molecule has 2 aliphatic rings. The van der Waals surface area contributed by atoms with E-state index in [4.69, 9.17) is 10.2 Å². The Labute approximate surface area is 255 Å². The highest BCUT2D eigenvalue weighted by Crippen LogP contribution is 2.33. The summed E-state index contributed by atoms with van der Waals surface area (Å²) in [5.41, 5.74) is 0. The summed E-state index contributed by atoms with van der Waals surface area (Å²) in [6.45, 7) is -0.0197. The standard InChI is InChI=1S/C24H38N6O9S3/c31-16(4-2-1-3-15-20-14(13-40-15)28-24(39)30-20)25-10-12-42-41-11-7-17(32)29-21(22(37)26-8-5-18(33)34)23(38)27-9-6-19(35)36/h14-15,20-21H,1-13H2,(H,25,31)(H,26,37)(H,27,38)(H,29,32)(H,33,34)(H,35,36)(H2,28,30,39). The van der Waals surface area contributed by atoms with Crippen LogP contribution in [0.3, 0.4) is 0 Å². The quantitative estimate of drug-likeness (QED) is 0.0332. The Morgan fingerprint density at radius 1 is 0.810 bits per heavy atom. The fourth-order valence-electron chi connectivity index (χ4n) is 4.12. The van der Waals surface area contributed by atoms with Gasteiger partial charge in [0, 0.05) is 55.0 Å². The van der Waals surface area contributed by atoms with Crippen LogP contribution >= 0.6 is 33.3 Å². The third-order valence-electron chi connectivity index (χ3n) is 6.19. The van der Waals surface area contributed by atoms with Crippen LogP contribution < -0.4 is 31.9 Å². The number of thioether (sulfide) groups is 1. The normalized spacial score (nSPS) is 18.9. The summed E-state index contributed by atoms with van der Waals surface area (Å²) in [5.74, 6) is -2.81. The van der Waals surface area contributed by atoms with Gasteiger partial charge in [0.15, 0.2) is 6.04 Å². The van der Waals surface area contributed by atoms with Crippen molar-refractivity contribution in [1.82, 2.24) is 31.9 Å². The maximum atomic E-state index is 12.3. The van der Waals surface area contributed by atoms with E-state index in [1.807, 2.05) is 11.8 Å². The first kappa shape index (κ1) is 35.3. The van der Waals surface area contributed by atoms with Crippen molar-refractivity contribution in [2.75, 3.05) is 36.9 Å². The predicted octanol–water partition coefficient (Wildman–Crippen LogP) is -0.733. The lowest BCUT2D eigenvalue weighted by Crippen LogP contribution is -2.55. The zero-order valence-electron chi connectivity index (χ0n) is 23.0. The molecule has 8 N–H and O–H groups in total. The highest BCUT2D eigenvalue weighted by atomic mass is 33.1. The predicted molar refractivity (Wildman–Crippen MR) is 159 cm³/mol. The second-order valence-electron chi connectivity index (χ2n) is 9.48. The molecule has 0 aliphatic carbocycles. The SMILES string of the molecule is O=C(O)CCNC(=O)C(NC(=O)CCSSCCNC(=O)CCCCC1SCC2NC(=O)NC21)C(=O)NCCC(=O)O. The molecule has 6 amide bonds. The highest BCUT2D eigenvalue weighted by molar-refractivity contribution is 8.76. The zero-order chi connectivity index (χ0) is 30.9. The monoisotopic (exact) mass is 650 g/mol. The number of carbonyl (C=O) groups is 7. The molecule has 3 atom stereocenters. The van der Waals surface area contributed by atoms with Gasteiger partial charge >= 0.3 is 18.0 Å². The van der Waals surface area contributed by atoms with Crippen molar-refractivity contribution in [3.63, 3.8) is 0 Å². The number of carbonyl (C=O) groups excluding carboxylic acids is 5. The first-order valence-electron chi connectivity index (χ1n) is 13.5. The number of rotatable bonds is 21. The number of hydrogen-bond donors (Lipinski definition) is 8. The number of fused-ring (bicyclic) bond motifs is 1. The second kappa shape index (κ2) is 19.4. The summed E-state index contributed by atoms with van der Waals surface area (Å²) in [6.07, 6.45) is 2.31. The molecule has 2 aliphatic heterocycles. The molecule has 15 nitrogen and oxygen atoms in total. The van der Waals surface area contributed by atoms with E-state index < -0.39 is 35.7 Å². The lowest BCUT2D eigenvalue weighted by molar-refractivity contribution is -0.138. The number of aliphatic carboxylic acids is 2. The largest absolute Gasteiger partial charge is 0.481 e. The molecule has 0 aromatic heterocycles. The van der Waals surface area contributed by atoms with Gasteiger partial charge in [0.05, 0.1) is 24.9 Å². The molecule has 0 saturated carbocycles. The lowest BCUT2D eigenvalue weighted by Gasteiger charge is -2.18. The van der Waals surface area contributed by atoms with Gasteiger partial charge < -0.3 is 42.1 Å². The summed E-state index contributed by atoms with van der Waals surface area (Å²) in [5, 5.41) is 33.4. The van der Waals surface area contributed by atoms with Gasteiger partial charge in [-0.2, -0.15) is 11.8 Å². The maximum Gasteiger partial charge on any atom is 0.315 e. The van der Waals surface area contributed by atoms with Crippen molar-refractivity contribution in [3.8, 4) is 0 Å². The number of unbranched alkanes of at least 4 members (excludes halogenated alkanes) is 1. The van der Waals surface area contributed by atoms with Gasteiger partial charge in [0.1, 0.15) is 0 Å². The fourth-order valence-corrected chi connectivity index (χ4v) is 7.56. The van der Waals surface area contributed by atoms with E-state index >= 15 is 0 Å². The van der Waals surface area contributed by atoms with E-state index in [0.29, 0.717) is 29.7 Å². The zero-order valence-corrected chi connectivity index (χ0v) is 25.4. The Hall–Kier alpha value is -2.86. The minimum atomic E-state index is -1.64.